The molecule has 38 heavy (non-hydrogen) atoms. The maximum atomic E-state index is 14.6. The molecule has 3 aliphatic rings. The van der Waals surface area contributed by atoms with Gasteiger partial charge in [0.15, 0.2) is 0 Å². The van der Waals surface area contributed by atoms with Gasteiger partial charge in [-0.2, -0.15) is 5.26 Å². The van der Waals surface area contributed by atoms with Gasteiger partial charge in [0.1, 0.15) is 11.9 Å². The number of hydrogen-bond acceptors (Lipinski definition) is 7. The SMILES string of the molecule is N#Cc1ccc(-c2cc(C(=O)N3CCCC(N)C3)sc2C2=C/C(=C/NCC3(O)CCC3)C(=N)C=C2)cc1F. The lowest BCUT2D eigenvalue weighted by Gasteiger charge is -2.36. The summed E-state index contributed by atoms with van der Waals surface area (Å²) in [7, 11) is 0. The summed E-state index contributed by atoms with van der Waals surface area (Å²) in [5, 5.41) is 31.0. The van der Waals surface area contributed by atoms with Crippen LogP contribution in [0.2, 0.25) is 0 Å². The molecule has 1 aliphatic heterocycles. The van der Waals surface area contributed by atoms with Gasteiger partial charge in [0, 0.05) is 47.9 Å². The number of amides is 1. The molecule has 1 atom stereocenters. The Morgan fingerprint density at radius 2 is 2.16 bits per heavy atom. The van der Waals surface area contributed by atoms with Crippen molar-refractivity contribution >= 4 is 28.5 Å². The molecular weight excluding hydrogens is 501 g/mol. The first-order valence-electron chi connectivity index (χ1n) is 12.8. The molecule has 1 aromatic heterocycles. The van der Waals surface area contributed by atoms with Crippen LogP contribution in [0.1, 0.15) is 52.2 Å². The third-order valence-corrected chi connectivity index (χ3v) is 8.55. The number of carbonyl (C=O) groups is 1. The number of nitrogens with one attached hydrogen (secondary N) is 2. The smallest absolute Gasteiger partial charge is 0.264 e. The summed E-state index contributed by atoms with van der Waals surface area (Å²) in [5.74, 6) is -0.725. The Balaban J connectivity index is 1.51. The minimum Gasteiger partial charge on any atom is -0.388 e. The number of likely N-dealkylation sites (tertiary alicyclic amines) is 1. The zero-order chi connectivity index (χ0) is 26.9. The van der Waals surface area contributed by atoms with Crippen molar-refractivity contribution in [1.29, 1.82) is 10.7 Å². The summed E-state index contributed by atoms with van der Waals surface area (Å²) in [4.78, 5) is 16.5. The lowest BCUT2D eigenvalue weighted by Crippen LogP contribution is -2.45. The fourth-order valence-corrected chi connectivity index (χ4v) is 6.13. The molecule has 1 unspecified atom stereocenters. The van der Waals surface area contributed by atoms with Crippen molar-refractivity contribution in [1.82, 2.24) is 10.2 Å². The molecule has 9 heteroatoms. The molecule has 1 saturated heterocycles. The van der Waals surface area contributed by atoms with E-state index >= 15 is 0 Å². The molecule has 0 radical (unpaired) electrons. The van der Waals surface area contributed by atoms with Gasteiger partial charge in [-0.1, -0.05) is 12.1 Å². The maximum absolute atomic E-state index is 14.6. The first kappa shape index (κ1) is 26.0. The lowest BCUT2D eigenvalue weighted by molar-refractivity contribution is -0.0287. The summed E-state index contributed by atoms with van der Waals surface area (Å²) in [6, 6.07) is 8.03. The number of carbonyl (C=O) groups excluding carboxylic acids is 1. The van der Waals surface area contributed by atoms with Crippen molar-refractivity contribution in [3.05, 3.63) is 75.4 Å². The van der Waals surface area contributed by atoms with Gasteiger partial charge < -0.3 is 26.5 Å². The Morgan fingerprint density at radius 1 is 1.34 bits per heavy atom. The van der Waals surface area contributed by atoms with Crippen LogP contribution in [-0.2, 0) is 0 Å². The van der Waals surface area contributed by atoms with E-state index in [4.69, 9.17) is 16.4 Å². The molecular formula is C29H30FN5O2S. The summed E-state index contributed by atoms with van der Waals surface area (Å²) < 4.78 is 14.6. The number of nitriles is 1. The minimum absolute atomic E-state index is 0.0428. The fraction of sp³-hybridized carbons (Fsp3) is 0.345. The van der Waals surface area contributed by atoms with E-state index in [-0.39, 0.29) is 17.5 Å². The molecule has 2 aromatic rings. The molecule has 2 heterocycles. The molecule has 5 N–H and O–H groups in total. The summed E-state index contributed by atoms with van der Waals surface area (Å²) in [5.41, 5.74) is 8.38. The number of thiophene rings is 1. The molecule has 7 nitrogen and oxygen atoms in total. The monoisotopic (exact) mass is 531 g/mol. The predicted molar refractivity (Wildman–Crippen MR) is 147 cm³/mol. The Bertz CT molecular complexity index is 1410. The zero-order valence-electron chi connectivity index (χ0n) is 21.0. The normalized spacial score (nSPS) is 21.6. The number of halogens is 1. The van der Waals surface area contributed by atoms with Gasteiger partial charge >= 0.3 is 0 Å². The molecule has 2 fully saturated rings. The highest BCUT2D eigenvalue weighted by Gasteiger charge is 2.33. The second-order valence-electron chi connectivity index (χ2n) is 10.2. The standard InChI is InChI=1S/C29H30FN5O2S/c30-24-12-18(4-5-20(24)14-31)23-13-26(28(36)35-10-1-3-22(32)16-35)38-27(23)19-6-7-25(33)21(11-19)15-34-17-29(37)8-2-9-29/h4-7,11-13,15,22,33-34,37H,1-3,8-10,16-17,32H2/b21-15-,33-25?. The number of rotatable bonds is 6. The molecule has 2 aliphatic carbocycles. The van der Waals surface area contributed by atoms with Crippen LogP contribution in [0.25, 0.3) is 16.7 Å². The largest absolute Gasteiger partial charge is 0.388 e. The van der Waals surface area contributed by atoms with E-state index in [0.29, 0.717) is 46.9 Å². The number of aliphatic hydroxyl groups is 1. The van der Waals surface area contributed by atoms with Crippen molar-refractivity contribution < 1.29 is 14.3 Å². The highest BCUT2D eigenvalue weighted by atomic mass is 32.1. The van der Waals surface area contributed by atoms with Crippen molar-refractivity contribution in [2.45, 2.75) is 43.7 Å². The molecule has 1 saturated carbocycles. The van der Waals surface area contributed by atoms with Gasteiger partial charge in [0.2, 0.25) is 0 Å². The van der Waals surface area contributed by atoms with Crippen molar-refractivity contribution in [3.8, 4) is 17.2 Å². The quantitative estimate of drug-likeness (QED) is 0.441. The maximum Gasteiger partial charge on any atom is 0.264 e. The van der Waals surface area contributed by atoms with Crippen LogP contribution in [0.5, 0.6) is 0 Å². The first-order valence-corrected chi connectivity index (χ1v) is 13.6. The Kier molecular flexibility index (Phi) is 7.30. The number of benzene rings is 1. The van der Waals surface area contributed by atoms with Crippen LogP contribution in [0.4, 0.5) is 4.39 Å². The van der Waals surface area contributed by atoms with Gasteiger partial charge in [-0.25, -0.2) is 4.39 Å². The van der Waals surface area contributed by atoms with Crippen LogP contribution in [0, 0.1) is 22.6 Å². The molecule has 1 amide bonds. The Labute approximate surface area is 225 Å². The topological polar surface area (TPSA) is 126 Å². The number of piperidine rings is 1. The zero-order valence-corrected chi connectivity index (χ0v) is 21.8. The Morgan fingerprint density at radius 3 is 2.84 bits per heavy atom. The highest BCUT2D eigenvalue weighted by molar-refractivity contribution is 7.15. The third kappa shape index (κ3) is 5.34. The van der Waals surface area contributed by atoms with E-state index in [1.165, 1.54) is 23.5 Å². The number of hydrogen-bond donors (Lipinski definition) is 4. The van der Waals surface area contributed by atoms with Gasteiger partial charge in [-0.15, -0.1) is 11.3 Å². The third-order valence-electron chi connectivity index (χ3n) is 7.38. The van der Waals surface area contributed by atoms with Gasteiger partial charge in [-0.05, 0) is 73.6 Å². The van der Waals surface area contributed by atoms with E-state index in [9.17, 15) is 14.3 Å². The molecule has 5 rings (SSSR count). The minimum atomic E-state index is -0.691. The van der Waals surface area contributed by atoms with Crippen molar-refractivity contribution in [3.63, 3.8) is 0 Å². The van der Waals surface area contributed by atoms with Gasteiger partial charge in [0.05, 0.1) is 21.8 Å². The van der Waals surface area contributed by atoms with Crippen LogP contribution < -0.4 is 11.1 Å². The van der Waals surface area contributed by atoms with Crippen LogP contribution in [0.15, 0.2) is 54.3 Å². The van der Waals surface area contributed by atoms with Crippen LogP contribution in [0.3, 0.4) is 0 Å². The van der Waals surface area contributed by atoms with Gasteiger partial charge in [0.25, 0.3) is 5.91 Å². The van der Waals surface area contributed by atoms with E-state index in [1.807, 2.05) is 18.2 Å². The first-order chi connectivity index (χ1) is 18.3. The number of nitrogens with two attached hydrogens (primary N) is 1. The lowest BCUT2D eigenvalue weighted by atomic mass is 9.80. The van der Waals surface area contributed by atoms with Gasteiger partial charge in [-0.3, -0.25) is 4.79 Å². The second kappa shape index (κ2) is 10.7. The number of allylic oxidation sites excluding steroid dienone is 5. The summed E-state index contributed by atoms with van der Waals surface area (Å²) >= 11 is 1.33. The van der Waals surface area contributed by atoms with Crippen LogP contribution >= 0.6 is 11.3 Å². The molecule has 1 aromatic carbocycles. The van der Waals surface area contributed by atoms with E-state index in [2.05, 4.69) is 5.32 Å². The Hall–Kier alpha value is -3.58. The van der Waals surface area contributed by atoms with Crippen molar-refractivity contribution in [2.75, 3.05) is 19.6 Å². The fourth-order valence-electron chi connectivity index (χ4n) is 4.98. The summed E-state index contributed by atoms with van der Waals surface area (Å²) in [6.07, 6.45) is 11.4. The van der Waals surface area contributed by atoms with E-state index in [1.54, 1.807) is 29.3 Å². The highest BCUT2D eigenvalue weighted by Crippen LogP contribution is 2.40. The molecule has 196 valence electrons. The molecule has 0 spiro atoms. The van der Waals surface area contributed by atoms with Crippen molar-refractivity contribution in [2.24, 2.45) is 5.73 Å². The second-order valence-corrected chi connectivity index (χ2v) is 11.3. The average molecular weight is 532 g/mol. The van der Waals surface area contributed by atoms with Crippen LogP contribution in [-0.4, -0.2) is 52.9 Å². The average Bonchev–Trinajstić information content (AvgIpc) is 3.34. The molecule has 0 bridgehead atoms. The van der Waals surface area contributed by atoms with E-state index < -0.39 is 11.4 Å². The predicted octanol–water partition coefficient (Wildman–Crippen LogP) is 4.35. The number of nitrogens with zero attached hydrogens (tertiary/aromatic N) is 2. The van der Waals surface area contributed by atoms with E-state index in [0.717, 1.165) is 42.6 Å². The summed E-state index contributed by atoms with van der Waals surface area (Å²) in [6.45, 7) is 1.56.